The van der Waals surface area contributed by atoms with Gasteiger partial charge in [-0.3, -0.25) is 14.9 Å². The van der Waals surface area contributed by atoms with Crippen LogP contribution in [0.2, 0.25) is 0 Å². The number of ether oxygens (including phenoxy) is 1. The highest BCUT2D eigenvalue weighted by atomic mass is 16.6. The molecule has 2 aromatic carbocycles. The lowest BCUT2D eigenvalue weighted by Gasteiger charge is -2.29. The molecule has 0 radical (unpaired) electrons. The second-order valence-electron chi connectivity index (χ2n) is 5.77. The minimum atomic E-state index is -0.436. The molecule has 24 heavy (non-hydrogen) atoms. The first kappa shape index (κ1) is 16.0. The summed E-state index contributed by atoms with van der Waals surface area (Å²) in [6.45, 7) is 2.23. The van der Waals surface area contributed by atoms with Crippen LogP contribution in [0.1, 0.15) is 17.5 Å². The molecule has 124 valence electrons. The van der Waals surface area contributed by atoms with Crippen LogP contribution in [-0.2, 0) is 11.2 Å². The zero-order chi connectivity index (χ0) is 17.1. The molecule has 0 saturated heterocycles. The number of hydrogen-bond acceptors (Lipinski definition) is 4. The summed E-state index contributed by atoms with van der Waals surface area (Å²) in [5, 5.41) is 10.8. The highest BCUT2D eigenvalue weighted by molar-refractivity contribution is 5.95. The van der Waals surface area contributed by atoms with Gasteiger partial charge >= 0.3 is 0 Å². The lowest BCUT2D eigenvalue weighted by molar-refractivity contribution is -0.385. The van der Waals surface area contributed by atoms with E-state index in [1.54, 1.807) is 17.9 Å². The van der Waals surface area contributed by atoms with Gasteiger partial charge in [-0.05, 0) is 43.5 Å². The highest BCUT2D eigenvalue weighted by Crippen LogP contribution is 2.27. The standard InChI is InChI=1S/C18H18N2O4/c1-13-11-15(8-9-16(13)20(22)23)24-12-18(21)19-10-4-6-14-5-2-3-7-17(14)19/h2-3,5,7-9,11H,4,6,10,12H2,1H3. The van der Waals surface area contributed by atoms with Gasteiger partial charge in [0.15, 0.2) is 6.61 Å². The van der Waals surface area contributed by atoms with Crippen molar-refractivity contribution in [2.24, 2.45) is 0 Å². The third-order valence-electron chi connectivity index (χ3n) is 4.14. The fourth-order valence-electron chi connectivity index (χ4n) is 2.94. The van der Waals surface area contributed by atoms with E-state index in [9.17, 15) is 14.9 Å². The van der Waals surface area contributed by atoms with Gasteiger partial charge in [0.2, 0.25) is 0 Å². The summed E-state index contributed by atoms with van der Waals surface area (Å²) in [5.41, 5.74) is 2.66. The number of hydrogen-bond donors (Lipinski definition) is 0. The third kappa shape index (κ3) is 3.22. The van der Waals surface area contributed by atoms with Crippen LogP contribution in [0.4, 0.5) is 11.4 Å². The molecule has 1 heterocycles. The second kappa shape index (κ2) is 6.70. The molecule has 1 aliphatic rings. The Balaban J connectivity index is 1.68. The molecule has 0 fully saturated rings. The summed E-state index contributed by atoms with van der Waals surface area (Å²) in [6, 6.07) is 12.4. The van der Waals surface area contributed by atoms with Gasteiger partial charge in [0, 0.05) is 23.9 Å². The molecule has 1 aliphatic heterocycles. The van der Waals surface area contributed by atoms with E-state index in [2.05, 4.69) is 0 Å². The molecule has 3 rings (SSSR count). The fourth-order valence-corrected chi connectivity index (χ4v) is 2.94. The van der Waals surface area contributed by atoms with Gasteiger partial charge in [-0.2, -0.15) is 0 Å². The monoisotopic (exact) mass is 326 g/mol. The topological polar surface area (TPSA) is 72.7 Å². The second-order valence-corrected chi connectivity index (χ2v) is 5.77. The molecular weight excluding hydrogens is 308 g/mol. The number of nitrogens with zero attached hydrogens (tertiary/aromatic N) is 2. The normalized spacial score (nSPS) is 13.3. The van der Waals surface area contributed by atoms with Crippen molar-refractivity contribution in [3.05, 3.63) is 63.7 Å². The maximum atomic E-state index is 12.5. The Bertz CT molecular complexity index is 788. The van der Waals surface area contributed by atoms with Gasteiger partial charge in [0.25, 0.3) is 11.6 Å². The molecule has 0 aliphatic carbocycles. The summed E-state index contributed by atoms with van der Waals surface area (Å²) in [7, 11) is 0. The quantitative estimate of drug-likeness (QED) is 0.638. The molecule has 0 atom stereocenters. The molecule has 0 unspecified atom stereocenters. The Morgan fingerprint density at radius 2 is 2.08 bits per heavy atom. The number of nitro groups is 1. The molecule has 0 N–H and O–H groups in total. The van der Waals surface area contributed by atoms with Gasteiger partial charge < -0.3 is 9.64 Å². The van der Waals surface area contributed by atoms with Crippen LogP contribution in [0.3, 0.4) is 0 Å². The Labute approximate surface area is 139 Å². The first-order valence-corrected chi connectivity index (χ1v) is 7.82. The minimum Gasteiger partial charge on any atom is -0.484 e. The Hall–Kier alpha value is -2.89. The van der Waals surface area contributed by atoms with Gasteiger partial charge in [-0.15, -0.1) is 0 Å². The highest BCUT2D eigenvalue weighted by Gasteiger charge is 2.22. The van der Waals surface area contributed by atoms with Crippen LogP contribution in [-0.4, -0.2) is 24.0 Å². The van der Waals surface area contributed by atoms with Crippen molar-refractivity contribution in [2.75, 3.05) is 18.1 Å². The summed E-state index contributed by atoms with van der Waals surface area (Å²) in [4.78, 5) is 24.6. The lowest BCUT2D eigenvalue weighted by Crippen LogP contribution is -2.38. The van der Waals surface area contributed by atoms with Gasteiger partial charge in [-0.25, -0.2) is 0 Å². The first-order chi connectivity index (χ1) is 11.6. The molecule has 0 aromatic heterocycles. The average Bonchev–Trinajstić information content (AvgIpc) is 2.59. The molecule has 0 bridgehead atoms. The zero-order valence-electron chi connectivity index (χ0n) is 13.4. The Morgan fingerprint density at radius 1 is 1.29 bits per heavy atom. The Morgan fingerprint density at radius 3 is 2.83 bits per heavy atom. The van der Waals surface area contributed by atoms with E-state index >= 15 is 0 Å². The molecule has 0 saturated carbocycles. The predicted octanol–water partition coefficient (Wildman–Crippen LogP) is 3.26. The molecule has 0 spiro atoms. The maximum Gasteiger partial charge on any atom is 0.272 e. The summed E-state index contributed by atoms with van der Waals surface area (Å²) in [5.74, 6) is 0.343. The number of rotatable bonds is 4. The smallest absolute Gasteiger partial charge is 0.272 e. The van der Waals surface area contributed by atoms with E-state index in [1.807, 2.05) is 24.3 Å². The van der Waals surface area contributed by atoms with Crippen molar-refractivity contribution < 1.29 is 14.5 Å². The number of fused-ring (bicyclic) bond motifs is 1. The van der Waals surface area contributed by atoms with Crippen molar-refractivity contribution in [2.45, 2.75) is 19.8 Å². The number of carbonyl (C=O) groups is 1. The SMILES string of the molecule is Cc1cc(OCC(=O)N2CCCc3ccccc32)ccc1[N+](=O)[O-]. The largest absolute Gasteiger partial charge is 0.484 e. The van der Waals surface area contributed by atoms with E-state index in [4.69, 9.17) is 4.74 Å². The number of benzene rings is 2. The predicted molar refractivity (Wildman–Crippen MR) is 90.4 cm³/mol. The number of aryl methyl sites for hydroxylation is 2. The van der Waals surface area contributed by atoms with Crippen molar-refractivity contribution in [3.63, 3.8) is 0 Å². The number of carbonyl (C=O) groups excluding carboxylic acids is 1. The number of nitro benzene ring substituents is 1. The van der Waals surface area contributed by atoms with Gasteiger partial charge in [0.05, 0.1) is 4.92 Å². The van der Waals surface area contributed by atoms with Crippen LogP contribution >= 0.6 is 0 Å². The van der Waals surface area contributed by atoms with E-state index in [0.29, 0.717) is 17.9 Å². The van der Waals surface area contributed by atoms with Gasteiger partial charge in [-0.1, -0.05) is 18.2 Å². The molecule has 2 aromatic rings. The van der Waals surface area contributed by atoms with Crippen LogP contribution < -0.4 is 9.64 Å². The minimum absolute atomic E-state index is 0.0404. The van der Waals surface area contributed by atoms with E-state index < -0.39 is 4.92 Å². The van der Waals surface area contributed by atoms with Gasteiger partial charge in [0.1, 0.15) is 5.75 Å². The van der Waals surface area contributed by atoms with Crippen LogP contribution in [0.15, 0.2) is 42.5 Å². The first-order valence-electron chi connectivity index (χ1n) is 7.82. The number of amides is 1. The van der Waals surface area contributed by atoms with E-state index in [1.165, 1.54) is 17.7 Å². The molecular formula is C18H18N2O4. The fraction of sp³-hybridized carbons (Fsp3) is 0.278. The van der Waals surface area contributed by atoms with Crippen molar-refractivity contribution in [3.8, 4) is 5.75 Å². The summed E-state index contributed by atoms with van der Waals surface area (Å²) < 4.78 is 5.54. The maximum absolute atomic E-state index is 12.5. The molecule has 6 nitrogen and oxygen atoms in total. The lowest BCUT2D eigenvalue weighted by atomic mass is 10.0. The number of anilines is 1. The zero-order valence-corrected chi connectivity index (χ0v) is 13.4. The van der Waals surface area contributed by atoms with Crippen molar-refractivity contribution >= 4 is 17.3 Å². The molecule has 1 amide bonds. The third-order valence-corrected chi connectivity index (χ3v) is 4.14. The van der Waals surface area contributed by atoms with E-state index in [-0.39, 0.29) is 18.2 Å². The van der Waals surface area contributed by atoms with Crippen molar-refractivity contribution in [1.29, 1.82) is 0 Å². The van der Waals surface area contributed by atoms with Crippen LogP contribution in [0.25, 0.3) is 0 Å². The van der Waals surface area contributed by atoms with Crippen LogP contribution in [0, 0.1) is 17.0 Å². The summed E-state index contributed by atoms with van der Waals surface area (Å²) in [6.07, 6.45) is 1.90. The van der Waals surface area contributed by atoms with E-state index in [0.717, 1.165) is 18.5 Å². The molecule has 6 heteroatoms. The van der Waals surface area contributed by atoms with Crippen molar-refractivity contribution in [1.82, 2.24) is 0 Å². The van der Waals surface area contributed by atoms with Crippen LogP contribution in [0.5, 0.6) is 5.75 Å². The summed E-state index contributed by atoms with van der Waals surface area (Å²) >= 11 is 0. The average molecular weight is 326 g/mol. The number of para-hydroxylation sites is 1. The Kier molecular flexibility index (Phi) is 4.46.